The molecule has 120 valence electrons. The van der Waals surface area contributed by atoms with Crippen molar-refractivity contribution in [2.75, 3.05) is 5.32 Å². The molecular formula is C16H17N3O4. The molecule has 1 amide bonds. The van der Waals surface area contributed by atoms with Gasteiger partial charge in [-0.25, -0.2) is 0 Å². The molecule has 0 fully saturated rings. The highest BCUT2D eigenvalue weighted by atomic mass is 16.6. The van der Waals surface area contributed by atoms with Crippen molar-refractivity contribution in [1.82, 2.24) is 4.57 Å². The third kappa shape index (κ3) is 4.03. The summed E-state index contributed by atoms with van der Waals surface area (Å²) in [5.41, 5.74) is 2.21. The fraction of sp³-hybridized carbons (Fsp3) is 0.250. The van der Waals surface area contributed by atoms with E-state index in [0.29, 0.717) is 5.69 Å². The normalized spacial score (nSPS) is 10.4. The lowest BCUT2D eigenvalue weighted by Crippen LogP contribution is -2.28. The third-order valence-corrected chi connectivity index (χ3v) is 3.28. The van der Waals surface area contributed by atoms with E-state index in [0.717, 1.165) is 21.9 Å². The van der Waals surface area contributed by atoms with E-state index in [4.69, 9.17) is 0 Å². The molecule has 0 aliphatic rings. The largest absolute Gasteiger partial charge is 0.325 e. The second-order valence-electron chi connectivity index (χ2n) is 5.50. The quantitative estimate of drug-likeness (QED) is 0.692. The molecule has 1 aromatic heterocycles. The number of carbonyl (C=O) groups excluding carboxylic acids is 1. The molecule has 0 saturated carbocycles. The van der Waals surface area contributed by atoms with Gasteiger partial charge >= 0.3 is 0 Å². The zero-order valence-corrected chi connectivity index (χ0v) is 13.1. The van der Waals surface area contributed by atoms with Crippen LogP contribution in [0.1, 0.15) is 16.7 Å². The Kier molecular flexibility index (Phi) is 4.59. The van der Waals surface area contributed by atoms with E-state index < -0.39 is 16.4 Å². The van der Waals surface area contributed by atoms with Gasteiger partial charge in [0.1, 0.15) is 6.54 Å². The molecule has 2 rings (SSSR count). The van der Waals surface area contributed by atoms with Crippen LogP contribution < -0.4 is 10.9 Å². The van der Waals surface area contributed by atoms with E-state index in [2.05, 4.69) is 5.32 Å². The number of nitrogens with one attached hydrogen (secondary N) is 1. The summed E-state index contributed by atoms with van der Waals surface area (Å²) in [6.45, 7) is 5.02. The van der Waals surface area contributed by atoms with Crippen molar-refractivity contribution in [2.45, 2.75) is 27.3 Å². The van der Waals surface area contributed by atoms with Crippen molar-refractivity contribution < 1.29 is 9.72 Å². The van der Waals surface area contributed by atoms with Crippen molar-refractivity contribution in [3.8, 4) is 0 Å². The zero-order valence-electron chi connectivity index (χ0n) is 13.1. The van der Waals surface area contributed by atoms with Gasteiger partial charge in [-0.05, 0) is 44.0 Å². The summed E-state index contributed by atoms with van der Waals surface area (Å²) in [6, 6.07) is 6.80. The number of carbonyl (C=O) groups is 1. The minimum Gasteiger partial charge on any atom is -0.325 e. The standard InChI is InChI=1S/C16H17N3O4/c1-10-4-11(2)6-13(5-10)17-15(20)9-18-8-14(19(22)23)7-12(3)16(18)21/h4-8H,9H2,1-3H3,(H,17,20). The number of aryl methyl sites for hydroxylation is 3. The zero-order chi connectivity index (χ0) is 17.1. The first-order valence-corrected chi connectivity index (χ1v) is 7.00. The fourth-order valence-electron chi connectivity index (χ4n) is 2.39. The van der Waals surface area contributed by atoms with Gasteiger partial charge in [-0.1, -0.05) is 6.07 Å². The fourth-order valence-corrected chi connectivity index (χ4v) is 2.39. The van der Waals surface area contributed by atoms with Crippen LogP contribution in [0.25, 0.3) is 0 Å². The van der Waals surface area contributed by atoms with Gasteiger partial charge in [0, 0.05) is 17.3 Å². The highest BCUT2D eigenvalue weighted by Crippen LogP contribution is 2.14. The van der Waals surface area contributed by atoms with Crippen LogP contribution in [0, 0.1) is 30.9 Å². The Hall–Kier alpha value is -2.96. The monoisotopic (exact) mass is 315 g/mol. The molecule has 0 bridgehead atoms. The Morgan fingerprint density at radius 1 is 1.17 bits per heavy atom. The number of pyridine rings is 1. The summed E-state index contributed by atoms with van der Waals surface area (Å²) in [5.74, 6) is -0.419. The topological polar surface area (TPSA) is 94.2 Å². The molecule has 0 spiro atoms. The third-order valence-electron chi connectivity index (χ3n) is 3.28. The lowest BCUT2D eigenvalue weighted by Gasteiger charge is -2.09. The van der Waals surface area contributed by atoms with Gasteiger partial charge < -0.3 is 5.32 Å². The van der Waals surface area contributed by atoms with Crippen LogP contribution in [-0.2, 0) is 11.3 Å². The van der Waals surface area contributed by atoms with E-state index >= 15 is 0 Å². The maximum absolute atomic E-state index is 12.1. The van der Waals surface area contributed by atoms with Crippen LogP contribution in [0.2, 0.25) is 0 Å². The van der Waals surface area contributed by atoms with Gasteiger partial charge in [-0.3, -0.25) is 24.3 Å². The van der Waals surface area contributed by atoms with Gasteiger partial charge in [-0.15, -0.1) is 0 Å². The Labute approximate surface area is 132 Å². The number of nitrogens with zero attached hydrogens (tertiary/aromatic N) is 2. The van der Waals surface area contributed by atoms with Crippen LogP contribution in [0.5, 0.6) is 0 Å². The Bertz CT molecular complexity index is 819. The lowest BCUT2D eigenvalue weighted by atomic mass is 10.1. The molecule has 1 aromatic carbocycles. The van der Waals surface area contributed by atoms with Gasteiger partial charge in [0.15, 0.2) is 0 Å². The molecule has 0 unspecified atom stereocenters. The summed E-state index contributed by atoms with van der Waals surface area (Å²) in [4.78, 5) is 34.4. The molecule has 0 aliphatic carbocycles. The van der Waals surface area contributed by atoms with Crippen LogP contribution >= 0.6 is 0 Å². The number of benzene rings is 1. The van der Waals surface area contributed by atoms with E-state index in [-0.39, 0.29) is 17.8 Å². The first kappa shape index (κ1) is 16.4. The molecule has 7 heteroatoms. The predicted molar refractivity (Wildman–Crippen MR) is 86.6 cm³/mol. The molecule has 23 heavy (non-hydrogen) atoms. The number of nitro groups is 1. The molecule has 1 heterocycles. The van der Waals surface area contributed by atoms with Gasteiger partial charge in [0.25, 0.3) is 11.2 Å². The number of aromatic nitrogens is 1. The van der Waals surface area contributed by atoms with Crippen molar-refractivity contribution in [3.63, 3.8) is 0 Å². The lowest BCUT2D eigenvalue weighted by molar-refractivity contribution is -0.385. The molecule has 0 atom stereocenters. The van der Waals surface area contributed by atoms with Crippen molar-refractivity contribution in [3.05, 3.63) is 67.6 Å². The summed E-state index contributed by atoms with van der Waals surface area (Å²) in [5, 5.41) is 13.6. The average Bonchev–Trinajstić information content (AvgIpc) is 2.42. The van der Waals surface area contributed by atoms with Gasteiger partial charge in [0.05, 0.1) is 11.1 Å². The Morgan fingerprint density at radius 2 is 1.78 bits per heavy atom. The molecule has 1 N–H and O–H groups in total. The van der Waals surface area contributed by atoms with Crippen molar-refractivity contribution in [1.29, 1.82) is 0 Å². The van der Waals surface area contributed by atoms with E-state index in [1.807, 2.05) is 32.0 Å². The number of anilines is 1. The first-order chi connectivity index (χ1) is 10.8. The van der Waals surface area contributed by atoms with Gasteiger partial charge in [-0.2, -0.15) is 0 Å². The van der Waals surface area contributed by atoms with Crippen LogP contribution in [0.4, 0.5) is 11.4 Å². The van der Waals surface area contributed by atoms with Crippen molar-refractivity contribution in [2.24, 2.45) is 0 Å². The number of rotatable bonds is 4. The second-order valence-corrected chi connectivity index (χ2v) is 5.50. The summed E-state index contributed by atoms with van der Waals surface area (Å²) < 4.78 is 1.05. The molecule has 0 saturated heterocycles. The predicted octanol–water partition coefficient (Wildman–Crippen LogP) is 2.32. The molecule has 2 aromatic rings. The average molecular weight is 315 g/mol. The second kappa shape index (κ2) is 6.43. The number of amides is 1. The highest BCUT2D eigenvalue weighted by Gasteiger charge is 2.13. The van der Waals surface area contributed by atoms with E-state index in [9.17, 15) is 19.7 Å². The van der Waals surface area contributed by atoms with E-state index in [1.165, 1.54) is 13.0 Å². The highest BCUT2D eigenvalue weighted by molar-refractivity contribution is 5.90. The van der Waals surface area contributed by atoms with Crippen LogP contribution in [0.15, 0.2) is 35.3 Å². The molecule has 0 aliphatic heterocycles. The molecule has 0 radical (unpaired) electrons. The Morgan fingerprint density at radius 3 is 2.35 bits per heavy atom. The van der Waals surface area contributed by atoms with Crippen molar-refractivity contribution >= 4 is 17.3 Å². The summed E-state index contributed by atoms with van der Waals surface area (Å²) >= 11 is 0. The van der Waals surface area contributed by atoms with Gasteiger partial charge in [0.2, 0.25) is 5.91 Å². The van der Waals surface area contributed by atoms with Crippen LogP contribution in [-0.4, -0.2) is 15.4 Å². The SMILES string of the molecule is Cc1cc(C)cc(NC(=O)Cn2cc([N+](=O)[O-])cc(C)c2=O)c1. The summed E-state index contributed by atoms with van der Waals surface area (Å²) in [7, 11) is 0. The van der Waals surface area contributed by atoms with Crippen LogP contribution in [0.3, 0.4) is 0 Å². The molecule has 7 nitrogen and oxygen atoms in total. The van der Waals surface area contributed by atoms with E-state index in [1.54, 1.807) is 0 Å². The first-order valence-electron chi connectivity index (χ1n) is 7.00. The number of hydrogen-bond acceptors (Lipinski definition) is 4. The maximum atomic E-state index is 12.1. The maximum Gasteiger partial charge on any atom is 0.286 e. The minimum absolute atomic E-state index is 0.221. The summed E-state index contributed by atoms with van der Waals surface area (Å²) in [6.07, 6.45) is 1.08. The Balaban J connectivity index is 2.23. The smallest absolute Gasteiger partial charge is 0.286 e. The minimum atomic E-state index is -0.592. The number of hydrogen-bond donors (Lipinski definition) is 1. The molecular weight excluding hydrogens is 298 g/mol.